The molecule has 1 atom stereocenters. The normalized spacial score (nSPS) is 18.8. The highest BCUT2D eigenvalue weighted by atomic mass is 32.2. The van der Waals surface area contributed by atoms with Crippen LogP contribution in [0.25, 0.3) is 10.9 Å². The zero-order chi connectivity index (χ0) is 16.4. The van der Waals surface area contributed by atoms with Crippen molar-refractivity contribution in [1.82, 2.24) is 9.97 Å². The lowest BCUT2D eigenvalue weighted by molar-refractivity contribution is 0.418. The van der Waals surface area contributed by atoms with E-state index < -0.39 is 9.73 Å². The van der Waals surface area contributed by atoms with Crippen LogP contribution in [-0.2, 0) is 9.73 Å². The van der Waals surface area contributed by atoms with Crippen LogP contribution in [0.15, 0.2) is 24.5 Å². The van der Waals surface area contributed by atoms with Crippen LogP contribution >= 0.6 is 0 Å². The third-order valence-corrected chi connectivity index (χ3v) is 5.40. The van der Waals surface area contributed by atoms with Crippen LogP contribution < -0.4 is 9.64 Å². The summed E-state index contributed by atoms with van der Waals surface area (Å²) in [5.41, 5.74) is 0.824. The van der Waals surface area contributed by atoms with E-state index in [1.807, 2.05) is 18.2 Å². The summed E-state index contributed by atoms with van der Waals surface area (Å²) >= 11 is 0. The van der Waals surface area contributed by atoms with Crippen molar-refractivity contribution in [3.8, 4) is 5.75 Å². The lowest BCUT2D eigenvalue weighted by atomic mass is 9.98. The van der Waals surface area contributed by atoms with E-state index in [1.54, 1.807) is 13.4 Å². The van der Waals surface area contributed by atoms with Gasteiger partial charge in [0, 0.05) is 40.2 Å². The summed E-state index contributed by atoms with van der Waals surface area (Å²) < 4.78 is 24.7. The van der Waals surface area contributed by atoms with E-state index in [2.05, 4.69) is 14.9 Å². The number of ether oxygens (including phenoxy) is 1. The number of hydrogen-bond acceptors (Lipinski definition) is 6. The van der Waals surface area contributed by atoms with Crippen LogP contribution in [0.5, 0.6) is 5.75 Å². The molecule has 0 radical (unpaired) electrons. The Labute approximate surface area is 136 Å². The molecule has 0 spiro atoms. The van der Waals surface area contributed by atoms with Crippen molar-refractivity contribution in [2.24, 2.45) is 5.92 Å². The lowest BCUT2D eigenvalue weighted by Crippen LogP contribution is -2.36. The molecular formula is C16H22N4O2S. The minimum absolute atomic E-state index is 0.365. The maximum absolute atomic E-state index is 11.7. The highest BCUT2D eigenvalue weighted by Crippen LogP contribution is 2.31. The van der Waals surface area contributed by atoms with Gasteiger partial charge in [0.25, 0.3) is 0 Å². The van der Waals surface area contributed by atoms with Gasteiger partial charge >= 0.3 is 0 Å². The number of nitrogens with one attached hydrogen (secondary N) is 1. The Morgan fingerprint density at radius 1 is 1.35 bits per heavy atom. The number of nitrogens with zero attached hydrogens (tertiary/aromatic N) is 3. The van der Waals surface area contributed by atoms with Gasteiger partial charge in [-0.3, -0.25) is 8.99 Å². The summed E-state index contributed by atoms with van der Waals surface area (Å²) in [6, 6.07) is 5.87. The number of rotatable bonds is 4. The SMILES string of the molecule is COc1cccc2c(N3CCC(C[S@](C)(=N)=O)CC3)ncnc12. The van der Waals surface area contributed by atoms with Crippen LogP contribution in [0.1, 0.15) is 12.8 Å². The first-order valence-corrected chi connectivity index (χ1v) is 9.85. The maximum atomic E-state index is 11.7. The van der Waals surface area contributed by atoms with Crippen molar-refractivity contribution >= 4 is 26.4 Å². The standard InChI is InChI=1S/C16H22N4O2S/c1-22-14-5-3-4-13-15(14)18-11-19-16(13)20-8-6-12(7-9-20)10-23(2,17)21/h3-5,11-12,17H,6-10H2,1-2H3/t23-/m1/s1. The predicted octanol–water partition coefficient (Wildman–Crippen LogP) is 2.53. The van der Waals surface area contributed by atoms with Crippen molar-refractivity contribution in [3.63, 3.8) is 0 Å². The molecule has 0 bridgehead atoms. The van der Waals surface area contributed by atoms with Gasteiger partial charge in [0.05, 0.1) is 7.11 Å². The number of fused-ring (bicyclic) bond motifs is 1. The van der Waals surface area contributed by atoms with Gasteiger partial charge in [-0.1, -0.05) is 6.07 Å². The number of benzene rings is 1. The first-order valence-electron chi connectivity index (χ1n) is 7.72. The largest absolute Gasteiger partial charge is 0.494 e. The number of anilines is 1. The third-order valence-electron chi connectivity index (χ3n) is 4.29. The van der Waals surface area contributed by atoms with Crippen molar-refractivity contribution in [3.05, 3.63) is 24.5 Å². The second-order valence-corrected chi connectivity index (χ2v) is 8.50. The summed E-state index contributed by atoms with van der Waals surface area (Å²) in [5, 5.41) is 0.991. The second-order valence-electron chi connectivity index (χ2n) is 6.16. The minimum atomic E-state index is -2.41. The molecule has 124 valence electrons. The molecule has 6 nitrogen and oxygen atoms in total. The topological polar surface area (TPSA) is 79.2 Å². The number of methoxy groups -OCH3 is 1. The van der Waals surface area contributed by atoms with E-state index in [0.717, 1.165) is 48.4 Å². The van der Waals surface area contributed by atoms with E-state index in [4.69, 9.17) is 9.52 Å². The lowest BCUT2D eigenvalue weighted by Gasteiger charge is -2.33. The molecule has 3 rings (SSSR count). The first-order chi connectivity index (χ1) is 11.0. The van der Waals surface area contributed by atoms with E-state index in [0.29, 0.717) is 11.7 Å². The maximum Gasteiger partial charge on any atom is 0.145 e. The van der Waals surface area contributed by atoms with Gasteiger partial charge in [0.15, 0.2) is 0 Å². The van der Waals surface area contributed by atoms with Crippen LogP contribution in [0.4, 0.5) is 5.82 Å². The predicted molar refractivity (Wildman–Crippen MR) is 92.7 cm³/mol. The van der Waals surface area contributed by atoms with E-state index in [9.17, 15) is 4.21 Å². The summed E-state index contributed by atoms with van der Waals surface area (Å²) in [4.78, 5) is 11.1. The molecule has 0 amide bonds. The molecule has 1 aliphatic heterocycles. The fourth-order valence-electron chi connectivity index (χ4n) is 3.22. The van der Waals surface area contributed by atoms with Crippen LogP contribution in [0.3, 0.4) is 0 Å². The fourth-order valence-corrected chi connectivity index (χ4v) is 4.46. The average Bonchev–Trinajstić information content (AvgIpc) is 2.53. The molecule has 7 heteroatoms. The van der Waals surface area contributed by atoms with E-state index >= 15 is 0 Å². The molecule has 23 heavy (non-hydrogen) atoms. The Morgan fingerprint density at radius 3 is 2.74 bits per heavy atom. The monoisotopic (exact) mass is 334 g/mol. The Morgan fingerprint density at radius 2 is 2.09 bits per heavy atom. The molecular weight excluding hydrogens is 312 g/mol. The minimum Gasteiger partial charge on any atom is -0.494 e. The van der Waals surface area contributed by atoms with Gasteiger partial charge in [-0.2, -0.15) is 0 Å². The average molecular weight is 334 g/mol. The Bertz CT molecular complexity index is 799. The van der Waals surface area contributed by atoms with Crippen molar-refractivity contribution < 1.29 is 8.95 Å². The summed E-state index contributed by atoms with van der Waals surface area (Å²) in [5.74, 6) is 2.54. The number of piperidine rings is 1. The second kappa shape index (κ2) is 6.31. The third kappa shape index (κ3) is 3.55. The number of aromatic nitrogens is 2. The molecule has 1 aromatic heterocycles. The van der Waals surface area contributed by atoms with Crippen molar-refractivity contribution in [2.45, 2.75) is 12.8 Å². The molecule has 1 aromatic carbocycles. The molecule has 0 unspecified atom stereocenters. The van der Waals surface area contributed by atoms with Gasteiger partial charge in [0.2, 0.25) is 0 Å². The smallest absolute Gasteiger partial charge is 0.145 e. The molecule has 2 heterocycles. The van der Waals surface area contributed by atoms with Gasteiger partial charge in [-0.25, -0.2) is 9.97 Å². The summed E-state index contributed by atoms with van der Waals surface area (Å²) in [7, 11) is -0.766. The van der Waals surface area contributed by atoms with Crippen LogP contribution in [0, 0.1) is 10.7 Å². The van der Waals surface area contributed by atoms with Gasteiger partial charge in [-0.05, 0) is 30.9 Å². The Kier molecular flexibility index (Phi) is 4.39. The van der Waals surface area contributed by atoms with Crippen molar-refractivity contribution in [2.75, 3.05) is 37.1 Å². The molecule has 0 saturated carbocycles. The highest BCUT2D eigenvalue weighted by Gasteiger charge is 2.23. The molecule has 1 N–H and O–H groups in total. The van der Waals surface area contributed by atoms with Gasteiger partial charge in [-0.15, -0.1) is 0 Å². The Hall–Kier alpha value is -1.89. The fraction of sp³-hybridized carbons (Fsp3) is 0.500. The highest BCUT2D eigenvalue weighted by molar-refractivity contribution is 7.91. The van der Waals surface area contributed by atoms with E-state index in [-0.39, 0.29) is 0 Å². The van der Waals surface area contributed by atoms with Crippen LogP contribution in [-0.4, -0.2) is 46.4 Å². The molecule has 1 fully saturated rings. The molecule has 1 saturated heterocycles. The number of para-hydroxylation sites is 1. The van der Waals surface area contributed by atoms with E-state index in [1.165, 1.54) is 6.26 Å². The van der Waals surface area contributed by atoms with Gasteiger partial charge < -0.3 is 9.64 Å². The van der Waals surface area contributed by atoms with Gasteiger partial charge in [0.1, 0.15) is 23.4 Å². The number of hydrogen-bond donors (Lipinski definition) is 1. The van der Waals surface area contributed by atoms with Crippen molar-refractivity contribution in [1.29, 1.82) is 4.78 Å². The van der Waals surface area contributed by atoms with Crippen LogP contribution in [0.2, 0.25) is 0 Å². The molecule has 0 aliphatic carbocycles. The summed E-state index contributed by atoms with van der Waals surface area (Å²) in [6.07, 6.45) is 5.00. The zero-order valence-corrected chi connectivity index (χ0v) is 14.3. The zero-order valence-electron chi connectivity index (χ0n) is 13.5. The first kappa shape index (κ1) is 16.0. The quantitative estimate of drug-likeness (QED) is 0.929. The molecule has 1 aliphatic rings. The Balaban J connectivity index is 1.83. The molecule has 2 aromatic rings. The summed E-state index contributed by atoms with van der Waals surface area (Å²) in [6.45, 7) is 1.73.